The Morgan fingerprint density at radius 1 is 1.29 bits per heavy atom. The minimum absolute atomic E-state index is 0.00401. The van der Waals surface area contributed by atoms with E-state index < -0.39 is 0 Å². The lowest BCUT2D eigenvalue weighted by atomic mass is 10.1. The van der Waals surface area contributed by atoms with Gasteiger partial charge in [-0.05, 0) is 37.6 Å². The monoisotopic (exact) mass is 416 g/mol. The highest BCUT2D eigenvalue weighted by Gasteiger charge is 2.14. The smallest absolute Gasteiger partial charge is 0.191 e. The van der Waals surface area contributed by atoms with Crippen molar-refractivity contribution in [2.75, 3.05) is 19.6 Å². The lowest BCUT2D eigenvalue weighted by Gasteiger charge is -2.18. The van der Waals surface area contributed by atoms with Crippen molar-refractivity contribution in [1.29, 1.82) is 0 Å². The maximum absolute atomic E-state index is 6.04. The molecule has 1 aromatic carbocycles. The van der Waals surface area contributed by atoms with Gasteiger partial charge >= 0.3 is 0 Å². The second-order valence-electron chi connectivity index (χ2n) is 6.31. The summed E-state index contributed by atoms with van der Waals surface area (Å²) >= 11 is 7.78. The van der Waals surface area contributed by atoms with Crippen LogP contribution in [-0.2, 0) is 6.42 Å². The fourth-order valence-electron chi connectivity index (χ4n) is 2.82. The van der Waals surface area contributed by atoms with Crippen LogP contribution in [0.2, 0.25) is 5.02 Å². The van der Waals surface area contributed by atoms with Crippen LogP contribution in [0, 0.1) is 6.92 Å². The summed E-state index contributed by atoms with van der Waals surface area (Å²) in [5.74, 6) is 0.793. The Morgan fingerprint density at radius 2 is 2.11 bits per heavy atom. The molecule has 6 nitrogen and oxygen atoms in total. The highest BCUT2D eigenvalue weighted by molar-refractivity contribution is 7.11. The van der Waals surface area contributed by atoms with E-state index in [0.717, 1.165) is 41.1 Å². The molecule has 3 aromatic rings. The molecule has 0 aliphatic rings. The van der Waals surface area contributed by atoms with E-state index in [-0.39, 0.29) is 6.04 Å². The molecule has 1 unspecified atom stereocenters. The number of aromatic nitrogens is 3. The predicted molar refractivity (Wildman–Crippen MR) is 116 cm³/mol. The number of benzene rings is 1. The zero-order valence-corrected chi connectivity index (χ0v) is 17.7. The number of nitrogens with one attached hydrogen (secondary N) is 2. The van der Waals surface area contributed by atoms with Gasteiger partial charge in [0, 0.05) is 48.0 Å². The quantitative estimate of drug-likeness (QED) is 0.434. The first kappa shape index (κ1) is 20.4. The van der Waals surface area contributed by atoms with Gasteiger partial charge in [0.1, 0.15) is 0 Å². The topological polar surface area (TPSA) is 67.1 Å². The van der Waals surface area contributed by atoms with E-state index in [2.05, 4.69) is 34.6 Å². The lowest BCUT2D eigenvalue weighted by Crippen LogP contribution is -2.38. The van der Waals surface area contributed by atoms with Crippen LogP contribution < -0.4 is 10.6 Å². The van der Waals surface area contributed by atoms with Crippen molar-refractivity contribution >= 4 is 28.9 Å². The molecule has 0 spiro atoms. The van der Waals surface area contributed by atoms with Gasteiger partial charge in [-0.3, -0.25) is 9.67 Å². The molecule has 0 aliphatic carbocycles. The minimum Gasteiger partial charge on any atom is -0.357 e. The SMILES string of the molecule is CCNC(=NCC(c1ccc(Cl)cc1)n1cccn1)NCCc1ncc(C)s1. The maximum atomic E-state index is 6.04. The summed E-state index contributed by atoms with van der Waals surface area (Å²) in [7, 11) is 0. The van der Waals surface area contributed by atoms with E-state index in [1.165, 1.54) is 4.88 Å². The fraction of sp³-hybridized carbons (Fsp3) is 0.350. The first-order valence-electron chi connectivity index (χ1n) is 9.33. The summed E-state index contributed by atoms with van der Waals surface area (Å²) in [6.07, 6.45) is 6.54. The highest BCUT2D eigenvalue weighted by atomic mass is 35.5. The first-order chi connectivity index (χ1) is 13.7. The highest BCUT2D eigenvalue weighted by Crippen LogP contribution is 2.20. The summed E-state index contributed by atoms with van der Waals surface area (Å²) in [5, 5.41) is 13.0. The normalized spacial score (nSPS) is 12.8. The van der Waals surface area contributed by atoms with Crippen LogP contribution >= 0.6 is 22.9 Å². The number of guanidine groups is 1. The molecule has 0 amide bonds. The number of aliphatic imine (C=N–C) groups is 1. The summed E-state index contributed by atoms with van der Waals surface area (Å²) in [6, 6.07) is 9.77. The van der Waals surface area contributed by atoms with Crippen LogP contribution in [0.1, 0.15) is 28.4 Å². The van der Waals surface area contributed by atoms with E-state index >= 15 is 0 Å². The standard InChI is InChI=1S/C20H25ClN6S/c1-3-22-20(23-11-9-19-24-13-15(2)28-19)25-14-18(27-12-4-10-26-27)16-5-7-17(21)8-6-16/h4-8,10,12-13,18H,3,9,11,14H2,1-2H3,(H2,22,23,25). The maximum Gasteiger partial charge on any atom is 0.191 e. The lowest BCUT2D eigenvalue weighted by molar-refractivity contribution is 0.531. The molecule has 0 aliphatic heterocycles. The van der Waals surface area contributed by atoms with Crippen LogP contribution in [0.25, 0.3) is 0 Å². The Labute approximate surface area is 174 Å². The van der Waals surface area contributed by atoms with E-state index in [1.54, 1.807) is 17.5 Å². The molecule has 28 heavy (non-hydrogen) atoms. The third-order valence-electron chi connectivity index (χ3n) is 4.17. The molecule has 0 radical (unpaired) electrons. The molecule has 148 valence electrons. The summed E-state index contributed by atoms with van der Waals surface area (Å²) in [5.41, 5.74) is 1.12. The first-order valence-corrected chi connectivity index (χ1v) is 10.5. The summed E-state index contributed by atoms with van der Waals surface area (Å²) in [4.78, 5) is 10.4. The van der Waals surface area contributed by atoms with Crippen LogP contribution in [0.15, 0.2) is 53.9 Å². The number of aryl methyl sites for hydroxylation is 1. The molecular formula is C20H25ClN6S. The van der Waals surface area contributed by atoms with Crippen LogP contribution in [-0.4, -0.2) is 40.4 Å². The zero-order valence-electron chi connectivity index (χ0n) is 16.1. The number of nitrogens with zero attached hydrogens (tertiary/aromatic N) is 4. The molecule has 0 bridgehead atoms. The third-order valence-corrected chi connectivity index (χ3v) is 5.39. The number of halogens is 1. The number of rotatable bonds is 8. The molecule has 0 saturated heterocycles. The fourth-order valence-corrected chi connectivity index (χ4v) is 3.73. The van der Waals surface area contributed by atoms with Gasteiger partial charge in [-0.2, -0.15) is 5.10 Å². The van der Waals surface area contributed by atoms with E-state index in [9.17, 15) is 0 Å². The number of hydrogen-bond acceptors (Lipinski definition) is 4. The van der Waals surface area contributed by atoms with Crippen molar-refractivity contribution in [2.24, 2.45) is 4.99 Å². The van der Waals surface area contributed by atoms with Crippen molar-refractivity contribution in [3.05, 3.63) is 69.4 Å². The van der Waals surface area contributed by atoms with Crippen LogP contribution in [0.5, 0.6) is 0 Å². The number of thiazole rings is 1. The summed E-state index contributed by atoms with van der Waals surface area (Å²) in [6.45, 7) is 6.29. The summed E-state index contributed by atoms with van der Waals surface area (Å²) < 4.78 is 1.93. The van der Waals surface area contributed by atoms with E-state index in [1.807, 2.05) is 47.4 Å². The van der Waals surface area contributed by atoms with E-state index in [0.29, 0.717) is 6.54 Å². The van der Waals surface area contributed by atoms with Gasteiger partial charge in [-0.25, -0.2) is 4.98 Å². The molecule has 3 rings (SSSR count). The molecule has 1 atom stereocenters. The van der Waals surface area contributed by atoms with Gasteiger partial charge in [0.05, 0.1) is 17.6 Å². The van der Waals surface area contributed by atoms with E-state index in [4.69, 9.17) is 16.6 Å². The van der Waals surface area contributed by atoms with Crippen molar-refractivity contribution in [2.45, 2.75) is 26.3 Å². The Bertz CT molecular complexity index is 873. The predicted octanol–water partition coefficient (Wildman–Crippen LogP) is 3.69. The van der Waals surface area contributed by atoms with Gasteiger partial charge < -0.3 is 10.6 Å². The molecular weight excluding hydrogens is 392 g/mol. The van der Waals surface area contributed by atoms with Gasteiger partial charge in [-0.1, -0.05) is 23.7 Å². The molecule has 2 aromatic heterocycles. The van der Waals surface area contributed by atoms with Gasteiger partial charge in [-0.15, -0.1) is 11.3 Å². The molecule has 2 heterocycles. The zero-order chi connectivity index (χ0) is 19.8. The second kappa shape index (κ2) is 10.2. The van der Waals surface area contributed by atoms with Crippen molar-refractivity contribution in [3.63, 3.8) is 0 Å². The molecule has 0 fully saturated rings. The van der Waals surface area contributed by atoms with Gasteiger partial charge in [0.25, 0.3) is 0 Å². The Balaban J connectivity index is 1.67. The van der Waals surface area contributed by atoms with Crippen molar-refractivity contribution in [1.82, 2.24) is 25.4 Å². The minimum atomic E-state index is 0.00401. The second-order valence-corrected chi connectivity index (χ2v) is 8.07. The van der Waals surface area contributed by atoms with Crippen LogP contribution in [0.4, 0.5) is 0 Å². The molecule has 8 heteroatoms. The van der Waals surface area contributed by atoms with Crippen LogP contribution in [0.3, 0.4) is 0 Å². The molecule has 0 saturated carbocycles. The largest absolute Gasteiger partial charge is 0.357 e. The van der Waals surface area contributed by atoms with Crippen molar-refractivity contribution in [3.8, 4) is 0 Å². The van der Waals surface area contributed by atoms with Gasteiger partial charge in [0.15, 0.2) is 5.96 Å². The Morgan fingerprint density at radius 3 is 2.75 bits per heavy atom. The average Bonchev–Trinajstić information content (AvgIpc) is 3.35. The number of hydrogen-bond donors (Lipinski definition) is 2. The third kappa shape index (κ3) is 5.81. The van der Waals surface area contributed by atoms with Gasteiger partial charge in [0.2, 0.25) is 0 Å². The molecule has 2 N–H and O–H groups in total. The Hall–Kier alpha value is -2.38. The average molecular weight is 417 g/mol. The Kier molecular flexibility index (Phi) is 7.45. The van der Waals surface area contributed by atoms with Crippen molar-refractivity contribution < 1.29 is 0 Å².